The Morgan fingerprint density at radius 2 is 1.61 bits per heavy atom. The van der Waals surface area contributed by atoms with Gasteiger partial charge in [-0.3, -0.25) is 4.79 Å². The van der Waals surface area contributed by atoms with Gasteiger partial charge in [0.25, 0.3) is 5.91 Å². The van der Waals surface area contributed by atoms with E-state index in [1.165, 1.54) is 31.2 Å². The van der Waals surface area contributed by atoms with Crippen LogP contribution >= 0.6 is 0 Å². The molecule has 1 unspecified atom stereocenters. The van der Waals surface area contributed by atoms with E-state index in [4.69, 9.17) is 9.88 Å². The average molecular weight is 398 g/mol. The average Bonchev–Trinajstić information content (AvgIpc) is 2.67. The second-order valence-corrected chi connectivity index (χ2v) is 7.73. The lowest BCUT2D eigenvalue weighted by Crippen LogP contribution is -2.30. The molecular weight excluding hydrogens is 380 g/mol. The van der Waals surface area contributed by atoms with Gasteiger partial charge in [0.1, 0.15) is 0 Å². The molecule has 3 aromatic rings. The number of hydrogen-bond donors (Lipinski definition) is 2. The summed E-state index contributed by atoms with van der Waals surface area (Å²) in [5.41, 5.74) is 0.696. The highest BCUT2D eigenvalue weighted by atomic mass is 32.2. The van der Waals surface area contributed by atoms with E-state index >= 15 is 0 Å². The lowest BCUT2D eigenvalue weighted by Gasteiger charge is -2.14. The predicted molar refractivity (Wildman–Crippen MR) is 105 cm³/mol. The lowest BCUT2D eigenvalue weighted by atomic mass is 10.1. The highest BCUT2D eigenvalue weighted by Gasteiger charge is 2.19. The smallest absolute Gasteiger partial charge is 0.338 e. The van der Waals surface area contributed by atoms with Crippen LogP contribution in [0.1, 0.15) is 17.3 Å². The van der Waals surface area contributed by atoms with Gasteiger partial charge in [-0.15, -0.1) is 0 Å². The topological polar surface area (TPSA) is 116 Å². The highest BCUT2D eigenvalue weighted by Crippen LogP contribution is 2.17. The van der Waals surface area contributed by atoms with Crippen molar-refractivity contribution in [1.29, 1.82) is 0 Å². The maximum absolute atomic E-state index is 12.3. The van der Waals surface area contributed by atoms with Gasteiger partial charge in [-0.05, 0) is 54.1 Å². The van der Waals surface area contributed by atoms with Crippen LogP contribution in [0.5, 0.6) is 0 Å². The Balaban J connectivity index is 1.65. The van der Waals surface area contributed by atoms with Crippen LogP contribution in [0.15, 0.2) is 71.6 Å². The number of primary sulfonamides is 1. The van der Waals surface area contributed by atoms with Crippen molar-refractivity contribution in [3.63, 3.8) is 0 Å². The minimum absolute atomic E-state index is 0.0683. The second kappa shape index (κ2) is 7.79. The summed E-state index contributed by atoms with van der Waals surface area (Å²) >= 11 is 0. The maximum Gasteiger partial charge on any atom is 0.338 e. The van der Waals surface area contributed by atoms with Crippen LogP contribution in [-0.4, -0.2) is 26.4 Å². The van der Waals surface area contributed by atoms with E-state index in [2.05, 4.69) is 5.32 Å². The third-order valence-electron chi connectivity index (χ3n) is 4.09. The lowest BCUT2D eigenvalue weighted by molar-refractivity contribution is -0.123. The summed E-state index contributed by atoms with van der Waals surface area (Å²) in [6.45, 7) is 1.45. The third kappa shape index (κ3) is 4.54. The van der Waals surface area contributed by atoms with Gasteiger partial charge in [-0.1, -0.05) is 30.3 Å². The van der Waals surface area contributed by atoms with E-state index in [0.29, 0.717) is 11.3 Å². The fraction of sp³-hybridized carbons (Fsp3) is 0.100. The van der Waals surface area contributed by atoms with E-state index in [-0.39, 0.29) is 4.90 Å². The van der Waals surface area contributed by atoms with Crippen LogP contribution in [-0.2, 0) is 19.6 Å². The van der Waals surface area contributed by atoms with Gasteiger partial charge in [0.05, 0.1) is 10.5 Å². The van der Waals surface area contributed by atoms with Crippen LogP contribution < -0.4 is 10.5 Å². The SMILES string of the molecule is CC(OC(=O)c1ccc2ccccc2c1)C(=O)Nc1ccc(S(N)(=O)=O)cc1. The summed E-state index contributed by atoms with van der Waals surface area (Å²) in [7, 11) is -3.81. The van der Waals surface area contributed by atoms with Crippen LogP contribution in [0, 0.1) is 0 Å². The number of fused-ring (bicyclic) bond motifs is 1. The zero-order valence-electron chi connectivity index (χ0n) is 15.0. The van der Waals surface area contributed by atoms with Crippen LogP contribution in [0.3, 0.4) is 0 Å². The van der Waals surface area contributed by atoms with Crippen molar-refractivity contribution in [2.45, 2.75) is 17.9 Å². The largest absolute Gasteiger partial charge is 0.449 e. The van der Waals surface area contributed by atoms with Crippen LogP contribution in [0.2, 0.25) is 0 Å². The summed E-state index contributed by atoms with van der Waals surface area (Å²) in [6.07, 6.45) is -1.04. The molecule has 0 aliphatic carbocycles. The number of ether oxygens (including phenoxy) is 1. The molecule has 1 atom stereocenters. The summed E-state index contributed by atoms with van der Waals surface area (Å²) < 4.78 is 27.7. The zero-order chi connectivity index (χ0) is 20.3. The standard InChI is InChI=1S/C20H18N2O5S/c1-13(19(23)22-17-8-10-18(11-9-17)28(21,25)26)27-20(24)16-7-6-14-4-2-3-5-15(14)12-16/h2-13H,1H3,(H,22,23)(H2,21,25,26). The maximum atomic E-state index is 12.3. The molecule has 0 aromatic heterocycles. The van der Waals surface area contributed by atoms with E-state index in [1.54, 1.807) is 12.1 Å². The summed E-state index contributed by atoms with van der Waals surface area (Å²) in [5, 5.41) is 9.47. The first-order chi connectivity index (χ1) is 13.2. The normalized spacial score (nSPS) is 12.4. The minimum Gasteiger partial charge on any atom is -0.449 e. The Bertz CT molecular complexity index is 1140. The number of nitrogens with two attached hydrogens (primary N) is 1. The Hall–Kier alpha value is -3.23. The Labute approximate surface area is 162 Å². The van der Waals surface area contributed by atoms with Crippen LogP contribution in [0.4, 0.5) is 5.69 Å². The molecule has 0 heterocycles. The number of esters is 1. The van der Waals surface area contributed by atoms with Crippen LogP contribution in [0.25, 0.3) is 10.8 Å². The summed E-state index contributed by atoms with van der Waals surface area (Å²) in [4.78, 5) is 24.5. The quantitative estimate of drug-likeness (QED) is 0.641. The molecule has 144 valence electrons. The molecule has 0 saturated heterocycles. The number of sulfonamides is 1. The van der Waals surface area contributed by atoms with E-state index < -0.39 is 28.0 Å². The van der Waals surface area contributed by atoms with Crippen molar-refractivity contribution >= 4 is 38.4 Å². The first kappa shape index (κ1) is 19.5. The van der Waals surface area contributed by atoms with Crippen molar-refractivity contribution in [3.05, 3.63) is 72.3 Å². The minimum atomic E-state index is -3.81. The number of amides is 1. The molecule has 0 aliphatic heterocycles. The molecule has 8 heteroatoms. The van der Waals surface area contributed by atoms with Crippen molar-refractivity contribution in [1.82, 2.24) is 0 Å². The zero-order valence-corrected chi connectivity index (χ0v) is 15.8. The fourth-order valence-electron chi connectivity index (χ4n) is 2.57. The Kier molecular flexibility index (Phi) is 5.43. The van der Waals surface area contributed by atoms with Gasteiger partial charge in [0.2, 0.25) is 10.0 Å². The number of carbonyl (C=O) groups excluding carboxylic acids is 2. The fourth-order valence-corrected chi connectivity index (χ4v) is 3.09. The molecule has 3 aromatic carbocycles. The number of rotatable bonds is 5. The van der Waals surface area contributed by atoms with E-state index in [9.17, 15) is 18.0 Å². The molecule has 28 heavy (non-hydrogen) atoms. The second-order valence-electron chi connectivity index (χ2n) is 6.17. The van der Waals surface area contributed by atoms with Crippen molar-refractivity contribution < 1.29 is 22.7 Å². The molecule has 0 radical (unpaired) electrons. The van der Waals surface area contributed by atoms with Crippen molar-refractivity contribution in [2.24, 2.45) is 5.14 Å². The number of nitrogens with one attached hydrogen (secondary N) is 1. The molecule has 1 amide bonds. The molecular formula is C20H18N2O5S. The highest BCUT2D eigenvalue weighted by molar-refractivity contribution is 7.89. The molecule has 0 aliphatic rings. The van der Waals surface area contributed by atoms with Gasteiger partial charge < -0.3 is 10.1 Å². The Morgan fingerprint density at radius 1 is 0.964 bits per heavy atom. The number of carbonyl (C=O) groups is 2. The molecule has 0 fully saturated rings. The van der Waals surface area contributed by atoms with E-state index in [1.807, 2.05) is 30.3 Å². The first-order valence-electron chi connectivity index (χ1n) is 8.37. The predicted octanol–water partition coefficient (Wildman–Crippen LogP) is 2.67. The third-order valence-corrected chi connectivity index (χ3v) is 5.02. The molecule has 0 bridgehead atoms. The van der Waals surface area contributed by atoms with E-state index in [0.717, 1.165) is 10.8 Å². The summed E-state index contributed by atoms with van der Waals surface area (Å²) in [5.74, 6) is -1.16. The van der Waals surface area contributed by atoms with Gasteiger partial charge in [0, 0.05) is 5.69 Å². The summed E-state index contributed by atoms with van der Waals surface area (Å²) in [6, 6.07) is 18.1. The van der Waals surface area contributed by atoms with Gasteiger partial charge in [0.15, 0.2) is 6.10 Å². The number of hydrogen-bond acceptors (Lipinski definition) is 5. The Morgan fingerprint density at radius 3 is 2.25 bits per heavy atom. The monoisotopic (exact) mass is 398 g/mol. The number of anilines is 1. The molecule has 3 rings (SSSR count). The number of benzene rings is 3. The molecule has 0 saturated carbocycles. The molecule has 0 spiro atoms. The molecule has 3 N–H and O–H groups in total. The van der Waals surface area contributed by atoms with Gasteiger partial charge in [-0.2, -0.15) is 0 Å². The van der Waals surface area contributed by atoms with Crippen molar-refractivity contribution in [3.8, 4) is 0 Å². The van der Waals surface area contributed by atoms with Gasteiger partial charge >= 0.3 is 5.97 Å². The van der Waals surface area contributed by atoms with Crippen molar-refractivity contribution in [2.75, 3.05) is 5.32 Å². The van der Waals surface area contributed by atoms with Gasteiger partial charge in [-0.25, -0.2) is 18.4 Å². The first-order valence-corrected chi connectivity index (χ1v) is 9.92. The molecule has 7 nitrogen and oxygen atoms in total.